The molecule has 1 aromatic heterocycles. The zero-order valence-corrected chi connectivity index (χ0v) is 13.1. The average molecular weight is 293 g/mol. The summed E-state index contributed by atoms with van der Waals surface area (Å²) in [7, 11) is 1.89. The summed E-state index contributed by atoms with van der Waals surface area (Å²) in [5.41, 5.74) is 3.08. The minimum absolute atomic E-state index is 0.0740. The third-order valence-corrected chi connectivity index (χ3v) is 4.25. The van der Waals surface area contributed by atoms with Crippen LogP contribution in [0.4, 0.5) is 0 Å². The summed E-state index contributed by atoms with van der Waals surface area (Å²) in [5.74, 6) is -1.01. The first-order chi connectivity index (χ1) is 9.82. The molecule has 1 saturated carbocycles. The Morgan fingerprint density at radius 1 is 1.43 bits per heavy atom. The number of nitrogens with zero attached hydrogens (tertiary/aromatic N) is 3. The number of hydrogen-bond donors (Lipinski definition) is 1. The number of amides is 1. The standard InChI is InChI=1S/C15H23N3O3/c1-9-13(10(2)17(4)16-9)7-8-14(19)18(12-5-6-12)11(3)15(20)21/h11-12H,5-8H2,1-4H3,(H,20,21). The number of carboxylic acid groups (broad SMARTS) is 1. The Bertz CT molecular complexity index is 561. The normalized spacial score (nSPS) is 15.8. The summed E-state index contributed by atoms with van der Waals surface area (Å²) < 4.78 is 1.81. The van der Waals surface area contributed by atoms with Crippen LogP contribution in [0.1, 0.15) is 43.1 Å². The molecule has 0 aromatic carbocycles. The summed E-state index contributed by atoms with van der Waals surface area (Å²) in [5, 5.41) is 13.5. The molecule has 1 aliphatic carbocycles. The van der Waals surface area contributed by atoms with Gasteiger partial charge in [0.05, 0.1) is 5.69 Å². The maximum atomic E-state index is 12.4. The van der Waals surface area contributed by atoms with Gasteiger partial charge in [0.2, 0.25) is 5.91 Å². The van der Waals surface area contributed by atoms with E-state index in [2.05, 4.69) is 5.10 Å². The maximum Gasteiger partial charge on any atom is 0.326 e. The molecular weight excluding hydrogens is 270 g/mol. The second-order valence-corrected chi connectivity index (χ2v) is 5.82. The Morgan fingerprint density at radius 3 is 2.48 bits per heavy atom. The number of aryl methyl sites for hydroxylation is 2. The number of hydrogen-bond acceptors (Lipinski definition) is 3. The van der Waals surface area contributed by atoms with Gasteiger partial charge < -0.3 is 10.0 Å². The molecule has 0 aliphatic heterocycles. The lowest BCUT2D eigenvalue weighted by Gasteiger charge is -2.26. The van der Waals surface area contributed by atoms with Crippen LogP contribution < -0.4 is 0 Å². The molecule has 1 heterocycles. The van der Waals surface area contributed by atoms with Gasteiger partial charge in [-0.2, -0.15) is 5.10 Å². The number of carbonyl (C=O) groups excluding carboxylic acids is 1. The van der Waals surface area contributed by atoms with Crippen molar-refractivity contribution in [1.29, 1.82) is 0 Å². The first-order valence-electron chi connectivity index (χ1n) is 7.36. The molecule has 116 valence electrons. The minimum atomic E-state index is -0.941. The number of aliphatic carboxylic acids is 1. The smallest absolute Gasteiger partial charge is 0.326 e. The van der Waals surface area contributed by atoms with Crippen LogP contribution in [0.3, 0.4) is 0 Å². The highest BCUT2D eigenvalue weighted by molar-refractivity contribution is 5.84. The highest BCUT2D eigenvalue weighted by Gasteiger charge is 2.38. The van der Waals surface area contributed by atoms with Gasteiger partial charge in [0.1, 0.15) is 6.04 Å². The quantitative estimate of drug-likeness (QED) is 0.861. The highest BCUT2D eigenvalue weighted by Crippen LogP contribution is 2.29. The van der Waals surface area contributed by atoms with Gasteiger partial charge in [-0.15, -0.1) is 0 Å². The molecule has 6 nitrogen and oxygen atoms in total. The molecular formula is C15H23N3O3. The van der Waals surface area contributed by atoms with E-state index in [1.54, 1.807) is 11.8 Å². The van der Waals surface area contributed by atoms with Crippen molar-refractivity contribution in [2.24, 2.45) is 7.05 Å². The van der Waals surface area contributed by atoms with Crippen molar-refractivity contribution >= 4 is 11.9 Å². The van der Waals surface area contributed by atoms with Crippen molar-refractivity contribution < 1.29 is 14.7 Å². The topological polar surface area (TPSA) is 75.4 Å². The second-order valence-electron chi connectivity index (χ2n) is 5.82. The van der Waals surface area contributed by atoms with Gasteiger partial charge in [-0.05, 0) is 45.6 Å². The zero-order chi connectivity index (χ0) is 15.7. The monoisotopic (exact) mass is 293 g/mol. The van der Waals surface area contributed by atoms with E-state index in [9.17, 15) is 9.59 Å². The van der Waals surface area contributed by atoms with Crippen LogP contribution in [0.25, 0.3) is 0 Å². The molecule has 1 amide bonds. The first-order valence-corrected chi connectivity index (χ1v) is 7.36. The van der Waals surface area contributed by atoms with Gasteiger partial charge in [-0.3, -0.25) is 9.48 Å². The van der Waals surface area contributed by atoms with E-state index in [0.717, 1.165) is 29.8 Å². The summed E-state index contributed by atoms with van der Waals surface area (Å²) in [6.07, 6.45) is 2.77. The van der Waals surface area contributed by atoms with Crippen molar-refractivity contribution in [3.63, 3.8) is 0 Å². The molecule has 1 unspecified atom stereocenters. The van der Waals surface area contributed by atoms with Gasteiger partial charge in [0.15, 0.2) is 0 Å². The van der Waals surface area contributed by atoms with Crippen LogP contribution in [0.5, 0.6) is 0 Å². The molecule has 1 N–H and O–H groups in total. The fourth-order valence-corrected chi connectivity index (χ4v) is 2.75. The fourth-order valence-electron chi connectivity index (χ4n) is 2.75. The molecule has 1 atom stereocenters. The Morgan fingerprint density at radius 2 is 2.05 bits per heavy atom. The van der Waals surface area contributed by atoms with Gasteiger partial charge >= 0.3 is 5.97 Å². The molecule has 0 radical (unpaired) electrons. The number of carbonyl (C=O) groups is 2. The van der Waals surface area contributed by atoms with Crippen LogP contribution >= 0.6 is 0 Å². The number of rotatable bonds is 6. The van der Waals surface area contributed by atoms with Crippen molar-refractivity contribution in [1.82, 2.24) is 14.7 Å². The SMILES string of the molecule is Cc1nn(C)c(C)c1CCC(=O)N(C1CC1)C(C)C(=O)O. The fraction of sp³-hybridized carbons (Fsp3) is 0.667. The van der Waals surface area contributed by atoms with Crippen molar-refractivity contribution in [2.45, 2.75) is 58.5 Å². The molecule has 6 heteroatoms. The van der Waals surface area contributed by atoms with Crippen LogP contribution in [0, 0.1) is 13.8 Å². The van der Waals surface area contributed by atoms with Crippen molar-refractivity contribution in [2.75, 3.05) is 0 Å². The Hall–Kier alpha value is -1.85. The van der Waals surface area contributed by atoms with Gasteiger partial charge in [-0.1, -0.05) is 0 Å². The lowest BCUT2D eigenvalue weighted by molar-refractivity contribution is -0.150. The Kier molecular flexibility index (Phi) is 4.34. The predicted octanol–water partition coefficient (Wildman–Crippen LogP) is 1.43. The lowest BCUT2D eigenvalue weighted by atomic mass is 10.1. The number of carboxylic acids is 1. The molecule has 21 heavy (non-hydrogen) atoms. The minimum Gasteiger partial charge on any atom is -0.480 e. The third-order valence-electron chi connectivity index (χ3n) is 4.25. The summed E-state index contributed by atoms with van der Waals surface area (Å²) >= 11 is 0. The van der Waals surface area contributed by atoms with Gasteiger partial charge in [-0.25, -0.2) is 4.79 Å². The molecule has 0 spiro atoms. The van der Waals surface area contributed by atoms with Crippen LogP contribution in [-0.2, 0) is 23.1 Å². The molecule has 1 fully saturated rings. The highest BCUT2D eigenvalue weighted by atomic mass is 16.4. The summed E-state index contributed by atoms with van der Waals surface area (Å²) in [6.45, 7) is 5.50. The molecule has 0 saturated heterocycles. The first kappa shape index (κ1) is 15.5. The average Bonchev–Trinajstić information content (AvgIpc) is 3.19. The summed E-state index contributed by atoms with van der Waals surface area (Å²) in [6, 6.07) is -0.638. The van der Waals surface area contributed by atoms with E-state index >= 15 is 0 Å². The predicted molar refractivity (Wildman–Crippen MR) is 78.0 cm³/mol. The Balaban J connectivity index is 2.04. The van der Waals surface area contributed by atoms with Crippen LogP contribution in [-0.4, -0.2) is 43.7 Å². The molecule has 0 bridgehead atoms. The third kappa shape index (κ3) is 3.25. The zero-order valence-electron chi connectivity index (χ0n) is 13.1. The Labute approximate surface area is 124 Å². The van der Waals surface area contributed by atoms with Gasteiger partial charge in [0.25, 0.3) is 0 Å². The maximum absolute atomic E-state index is 12.4. The summed E-state index contributed by atoms with van der Waals surface area (Å²) in [4.78, 5) is 25.1. The molecule has 1 aliphatic rings. The van der Waals surface area contributed by atoms with Gasteiger partial charge in [0, 0.05) is 25.2 Å². The molecule has 1 aromatic rings. The van der Waals surface area contributed by atoms with E-state index in [1.807, 2.05) is 25.6 Å². The molecule has 2 rings (SSSR count). The van der Waals surface area contributed by atoms with E-state index in [1.165, 1.54) is 0 Å². The lowest BCUT2D eigenvalue weighted by Crippen LogP contribution is -2.44. The van der Waals surface area contributed by atoms with Crippen molar-refractivity contribution in [3.8, 4) is 0 Å². The van der Waals surface area contributed by atoms with E-state index in [-0.39, 0.29) is 11.9 Å². The van der Waals surface area contributed by atoms with E-state index in [4.69, 9.17) is 5.11 Å². The van der Waals surface area contributed by atoms with E-state index in [0.29, 0.717) is 12.8 Å². The second kappa shape index (κ2) is 5.87. The van der Waals surface area contributed by atoms with Crippen molar-refractivity contribution in [3.05, 3.63) is 17.0 Å². The van der Waals surface area contributed by atoms with E-state index < -0.39 is 12.0 Å². The number of aromatic nitrogens is 2. The van der Waals surface area contributed by atoms with Crippen LogP contribution in [0.2, 0.25) is 0 Å². The largest absolute Gasteiger partial charge is 0.480 e. The van der Waals surface area contributed by atoms with Crippen LogP contribution in [0.15, 0.2) is 0 Å².